The highest BCUT2D eigenvalue weighted by Gasteiger charge is 2.38. The second-order valence-corrected chi connectivity index (χ2v) is 6.15. The van der Waals surface area contributed by atoms with Crippen LogP contribution in [0.25, 0.3) is 0 Å². The Morgan fingerprint density at radius 1 is 1.24 bits per heavy atom. The van der Waals surface area contributed by atoms with Crippen molar-refractivity contribution in [2.45, 2.75) is 51.1 Å². The maximum Gasteiger partial charge on any atom is 0.225 e. The van der Waals surface area contributed by atoms with Crippen LogP contribution in [0.4, 0.5) is 0 Å². The van der Waals surface area contributed by atoms with Crippen LogP contribution in [0.15, 0.2) is 24.3 Å². The molecule has 0 radical (unpaired) electrons. The molecule has 2 atom stereocenters. The molecule has 21 heavy (non-hydrogen) atoms. The first-order valence-corrected chi connectivity index (χ1v) is 7.71. The van der Waals surface area contributed by atoms with Crippen molar-refractivity contribution in [2.24, 2.45) is 11.7 Å². The molecular weight excluding hydrogens is 264 g/mol. The zero-order valence-electron chi connectivity index (χ0n) is 13.2. The Hall–Kier alpha value is -1.55. The second-order valence-electron chi connectivity index (χ2n) is 6.15. The van der Waals surface area contributed by atoms with Crippen LogP contribution < -0.4 is 15.8 Å². The minimum Gasteiger partial charge on any atom is -0.497 e. The number of nitrogens with two attached hydrogens (primary N) is 1. The van der Waals surface area contributed by atoms with Gasteiger partial charge in [0.05, 0.1) is 12.6 Å². The number of carbonyl (C=O) groups excluding carboxylic acids is 1. The van der Waals surface area contributed by atoms with Crippen LogP contribution >= 0.6 is 0 Å². The number of ether oxygens (including phenoxy) is 1. The van der Waals surface area contributed by atoms with E-state index in [1.165, 1.54) is 0 Å². The minimum absolute atomic E-state index is 0.0442. The van der Waals surface area contributed by atoms with Gasteiger partial charge in [-0.2, -0.15) is 0 Å². The van der Waals surface area contributed by atoms with Gasteiger partial charge in [-0.15, -0.1) is 0 Å². The Bertz CT molecular complexity index is 476. The number of benzene rings is 1. The van der Waals surface area contributed by atoms with Crippen molar-refractivity contribution >= 4 is 5.91 Å². The maximum atomic E-state index is 12.4. The number of hydrogen-bond acceptors (Lipinski definition) is 3. The van der Waals surface area contributed by atoms with Gasteiger partial charge in [-0.3, -0.25) is 4.79 Å². The molecule has 1 aliphatic rings. The molecule has 0 aromatic heterocycles. The standard InChI is InChI=1S/C17H26N2O2/c1-12(13(2)18)16(20)19-17(10-4-5-11-17)14-6-8-15(21-3)9-7-14/h6-9,12-13H,4-5,10-11,18H2,1-3H3,(H,19,20). The van der Waals surface area contributed by atoms with Gasteiger partial charge < -0.3 is 15.8 Å². The van der Waals surface area contributed by atoms with E-state index in [0.29, 0.717) is 0 Å². The van der Waals surface area contributed by atoms with Crippen molar-refractivity contribution in [3.05, 3.63) is 29.8 Å². The fourth-order valence-corrected chi connectivity index (χ4v) is 2.96. The van der Waals surface area contributed by atoms with Crippen molar-refractivity contribution < 1.29 is 9.53 Å². The van der Waals surface area contributed by atoms with Crippen molar-refractivity contribution in [1.82, 2.24) is 5.32 Å². The first-order valence-electron chi connectivity index (χ1n) is 7.71. The lowest BCUT2D eigenvalue weighted by Crippen LogP contribution is -2.48. The van der Waals surface area contributed by atoms with Gasteiger partial charge >= 0.3 is 0 Å². The summed E-state index contributed by atoms with van der Waals surface area (Å²) in [6.45, 7) is 3.76. The highest BCUT2D eigenvalue weighted by molar-refractivity contribution is 5.80. The second kappa shape index (κ2) is 6.48. The van der Waals surface area contributed by atoms with Gasteiger partial charge in [0, 0.05) is 12.0 Å². The molecule has 2 unspecified atom stereocenters. The number of nitrogens with one attached hydrogen (secondary N) is 1. The van der Waals surface area contributed by atoms with Crippen molar-refractivity contribution in [1.29, 1.82) is 0 Å². The molecular formula is C17H26N2O2. The first-order chi connectivity index (χ1) is 9.98. The molecule has 4 heteroatoms. The smallest absolute Gasteiger partial charge is 0.225 e. The van der Waals surface area contributed by atoms with Crippen LogP contribution in [-0.2, 0) is 10.3 Å². The van der Waals surface area contributed by atoms with E-state index in [4.69, 9.17) is 10.5 Å². The topological polar surface area (TPSA) is 64.3 Å². The van der Waals surface area contributed by atoms with Gasteiger partial charge in [-0.25, -0.2) is 0 Å². The summed E-state index contributed by atoms with van der Waals surface area (Å²) in [5, 5.41) is 3.27. The van der Waals surface area contributed by atoms with Crippen LogP contribution in [0.5, 0.6) is 5.75 Å². The summed E-state index contributed by atoms with van der Waals surface area (Å²) in [6, 6.07) is 7.88. The van der Waals surface area contributed by atoms with E-state index in [1.807, 2.05) is 26.0 Å². The molecule has 116 valence electrons. The fourth-order valence-electron chi connectivity index (χ4n) is 2.96. The van der Waals surface area contributed by atoms with Gasteiger partial charge in [0.2, 0.25) is 5.91 Å². The fraction of sp³-hybridized carbons (Fsp3) is 0.588. The van der Waals surface area contributed by atoms with E-state index < -0.39 is 0 Å². The van der Waals surface area contributed by atoms with Crippen molar-refractivity contribution in [3.8, 4) is 5.75 Å². The molecule has 0 aliphatic heterocycles. The molecule has 1 aliphatic carbocycles. The lowest BCUT2D eigenvalue weighted by atomic mass is 9.87. The van der Waals surface area contributed by atoms with Gasteiger partial charge in [0.15, 0.2) is 0 Å². The third-order valence-corrected chi connectivity index (χ3v) is 4.66. The maximum absolute atomic E-state index is 12.4. The number of methoxy groups -OCH3 is 1. The summed E-state index contributed by atoms with van der Waals surface area (Å²) in [7, 11) is 1.66. The van der Waals surface area contributed by atoms with Crippen LogP contribution in [0, 0.1) is 5.92 Å². The average Bonchev–Trinajstić information content (AvgIpc) is 2.96. The van der Waals surface area contributed by atoms with Crippen LogP contribution in [-0.4, -0.2) is 19.1 Å². The predicted molar refractivity (Wildman–Crippen MR) is 84.1 cm³/mol. The van der Waals surface area contributed by atoms with E-state index >= 15 is 0 Å². The van der Waals surface area contributed by atoms with E-state index in [0.717, 1.165) is 37.0 Å². The predicted octanol–water partition coefficient (Wildman–Crippen LogP) is 2.56. The van der Waals surface area contributed by atoms with Crippen molar-refractivity contribution in [2.75, 3.05) is 7.11 Å². The Labute approximate surface area is 127 Å². The summed E-state index contributed by atoms with van der Waals surface area (Å²) < 4.78 is 5.21. The molecule has 0 saturated heterocycles. The van der Waals surface area contributed by atoms with Crippen LogP contribution in [0.1, 0.15) is 45.1 Å². The third-order valence-electron chi connectivity index (χ3n) is 4.66. The summed E-state index contributed by atoms with van der Waals surface area (Å²) >= 11 is 0. The summed E-state index contributed by atoms with van der Waals surface area (Å²) in [5.74, 6) is 0.700. The minimum atomic E-state index is -0.244. The van der Waals surface area contributed by atoms with Gasteiger partial charge in [-0.1, -0.05) is 31.9 Å². The first kappa shape index (κ1) is 15.8. The molecule has 3 N–H and O–H groups in total. The van der Waals surface area contributed by atoms with E-state index in [-0.39, 0.29) is 23.4 Å². The summed E-state index contributed by atoms with van der Waals surface area (Å²) in [6.07, 6.45) is 4.24. The number of rotatable bonds is 5. The molecule has 1 aromatic carbocycles. The molecule has 0 spiro atoms. The van der Waals surface area contributed by atoms with Gasteiger partial charge in [0.1, 0.15) is 5.75 Å². The normalized spacial score (nSPS) is 19.8. The lowest BCUT2D eigenvalue weighted by molar-refractivity contribution is -0.127. The van der Waals surface area contributed by atoms with E-state index in [1.54, 1.807) is 7.11 Å². The molecule has 4 nitrogen and oxygen atoms in total. The molecule has 1 saturated carbocycles. The van der Waals surface area contributed by atoms with Crippen LogP contribution in [0.3, 0.4) is 0 Å². The highest BCUT2D eigenvalue weighted by atomic mass is 16.5. The van der Waals surface area contributed by atoms with E-state index in [2.05, 4.69) is 17.4 Å². The Morgan fingerprint density at radius 2 is 1.81 bits per heavy atom. The van der Waals surface area contributed by atoms with Crippen LogP contribution in [0.2, 0.25) is 0 Å². The zero-order valence-corrected chi connectivity index (χ0v) is 13.2. The number of hydrogen-bond donors (Lipinski definition) is 2. The molecule has 2 rings (SSSR count). The lowest BCUT2D eigenvalue weighted by Gasteiger charge is -2.33. The quantitative estimate of drug-likeness (QED) is 0.876. The van der Waals surface area contributed by atoms with Gasteiger partial charge in [0.25, 0.3) is 0 Å². The summed E-state index contributed by atoms with van der Waals surface area (Å²) in [5.41, 5.74) is 6.77. The Kier molecular flexibility index (Phi) is 4.88. The number of carbonyl (C=O) groups is 1. The highest BCUT2D eigenvalue weighted by Crippen LogP contribution is 2.39. The molecule has 1 aromatic rings. The zero-order chi connectivity index (χ0) is 15.5. The largest absolute Gasteiger partial charge is 0.497 e. The SMILES string of the molecule is COc1ccc(C2(NC(=O)C(C)C(C)N)CCCC2)cc1. The Morgan fingerprint density at radius 3 is 2.29 bits per heavy atom. The van der Waals surface area contributed by atoms with E-state index in [9.17, 15) is 4.79 Å². The number of amides is 1. The van der Waals surface area contributed by atoms with Crippen molar-refractivity contribution in [3.63, 3.8) is 0 Å². The average molecular weight is 290 g/mol. The molecule has 1 amide bonds. The van der Waals surface area contributed by atoms with Gasteiger partial charge in [-0.05, 0) is 37.5 Å². The Balaban J connectivity index is 2.22. The summed E-state index contributed by atoms with van der Waals surface area (Å²) in [4.78, 5) is 12.4. The molecule has 0 bridgehead atoms. The molecule has 0 heterocycles. The molecule has 1 fully saturated rings. The third kappa shape index (κ3) is 3.38. The monoisotopic (exact) mass is 290 g/mol.